The molecule has 0 unspecified atom stereocenters. The van der Waals surface area contributed by atoms with E-state index in [1.165, 1.54) is 4.90 Å². The summed E-state index contributed by atoms with van der Waals surface area (Å²) in [6, 6.07) is -0.193. The largest absolute Gasteiger partial charge is 0.327 e. The highest BCUT2D eigenvalue weighted by Gasteiger charge is 2.62. The van der Waals surface area contributed by atoms with Crippen LogP contribution in [0.3, 0.4) is 0 Å². The third kappa shape index (κ3) is 1.71. The minimum Gasteiger partial charge on any atom is -0.312 e. The van der Waals surface area contributed by atoms with Crippen LogP contribution in [-0.2, 0) is 4.79 Å². The predicted molar refractivity (Wildman–Crippen MR) is 73.8 cm³/mol. The number of imide groups is 1. The van der Waals surface area contributed by atoms with E-state index in [-0.39, 0.29) is 23.0 Å². The first-order chi connectivity index (χ1) is 8.46. The zero-order valence-electron chi connectivity index (χ0n) is 13.1. The van der Waals surface area contributed by atoms with Crippen LogP contribution in [0.1, 0.15) is 40.5 Å². The average Bonchev–Trinajstić information content (AvgIpc) is 2.42. The quantitative estimate of drug-likeness (QED) is 0.625. The van der Waals surface area contributed by atoms with Crippen LogP contribution in [0.4, 0.5) is 4.79 Å². The van der Waals surface area contributed by atoms with Crippen LogP contribution in [0.2, 0.25) is 0 Å². The number of likely N-dealkylation sites (N-methyl/N-ethyl adjacent to an activating group) is 2. The molecule has 2 saturated heterocycles. The highest BCUT2D eigenvalue weighted by atomic mass is 16.2. The molecule has 0 saturated carbocycles. The standard InChI is InChI=1S/C14H25N3O2/c1-12(2)8-14(9-13(3,4)17(12)7)10(18)15(5)11(19)16(14)6/h8-9H2,1-7H3. The van der Waals surface area contributed by atoms with E-state index in [1.807, 2.05) is 0 Å². The molecule has 5 nitrogen and oxygen atoms in total. The van der Waals surface area contributed by atoms with E-state index in [0.717, 1.165) is 0 Å². The number of amides is 3. The zero-order valence-corrected chi connectivity index (χ0v) is 13.1. The molecule has 0 aromatic heterocycles. The van der Waals surface area contributed by atoms with Gasteiger partial charge in [-0.15, -0.1) is 0 Å². The average molecular weight is 267 g/mol. The number of urea groups is 1. The van der Waals surface area contributed by atoms with Crippen LogP contribution in [-0.4, -0.2) is 64.4 Å². The molecule has 2 aliphatic heterocycles. The molecular formula is C14H25N3O2. The number of carbonyl (C=O) groups is 2. The Bertz CT molecular complexity index is 424. The van der Waals surface area contributed by atoms with Gasteiger partial charge in [0.15, 0.2) is 0 Å². The number of nitrogens with zero attached hydrogens (tertiary/aromatic N) is 3. The molecule has 3 amide bonds. The van der Waals surface area contributed by atoms with E-state index in [2.05, 4.69) is 39.6 Å². The fraction of sp³-hybridized carbons (Fsp3) is 0.857. The Morgan fingerprint density at radius 3 is 1.63 bits per heavy atom. The van der Waals surface area contributed by atoms with Gasteiger partial charge in [0.25, 0.3) is 5.91 Å². The summed E-state index contributed by atoms with van der Waals surface area (Å²) in [5.74, 6) is -0.0609. The maximum absolute atomic E-state index is 12.6. The Hall–Kier alpha value is -1.10. The summed E-state index contributed by atoms with van der Waals surface area (Å²) < 4.78 is 0. The van der Waals surface area contributed by atoms with E-state index in [9.17, 15) is 9.59 Å². The number of likely N-dealkylation sites (tertiary alicyclic amines) is 1. The maximum Gasteiger partial charge on any atom is 0.327 e. The molecule has 0 bridgehead atoms. The van der Waals surface area contributed by atoms with E-state index in [0.29, 0.717) is 12.8 Å². The van der Waals surface area contributed by atoms with Gasteiger partial charge in [0.05, 0.1) is 0 Å². The number of piperidine rings is 1. The summed E-state index contributed by atoms with van der Waals surface area (Å²) in [4.78, 5) is 30.0. The van der Waals surface area contributed by atoms with Gasteiger partial charge >= 0.3 is 6.03 Å². The predicted octanol–water partition coefficient (Wildman–Crippen LogP) is 1.53. The third-order valence-corrected chi connectivity index (χ3v) is 5.18. The lowest BCUT2D eigenvalue weighted by atomic mass is 9.68. The van der Waals surface area contributed by atoms with E-state index in [4.69, 9.17) is 0 Å². The van der Waals surface area contributed by atoms with Crippen LogP contribution in [0.25, 0.3) is 0 Å². The number of hydrogen-bond acceptors (Lipinski definition) is 3. The second kappa shape index (κ2) is 3.72. The Balaban J connectivity index is 2.51. The molecule has 0 aromatic rings. The number of carbonyl (C=O) groups excluding carboxylic acids is 2. The summed E-state index contributed by atoms with van der Waals surface area (Å²) in [6.45, 7) is 8.55. The molecule has 5 heteroatoms. The van der Waals surface area contributed by atoms with Crippen LogP contribution < -0.4 is 0 Å². The smallest absolute Gasteiger partial charge is 0.312 e. The molecular weight excluding hydrogens is 242 g/mol. The van der Waals surface area contributed by atoms with Gasteiger partial charge in [-0.3, -0.25) is 14.6 Å². The minimum absolute atomic E-state index is 0.0609. The van der Waals surface area contributed by atoms with Crippen molar-refractivity contribution in [3.8, 4) is 0 Å². The van der Waals surface area contributed by atoms with Gasteiger partial charge in [0, 0.05) is 25.2 Å². The molecule has 19 heavy (non-hydrogen) atoms. The third-order valence-electron chi connectivity index (χ3n) is 5.18. The molecule has 0 N–H and O–H groups in total. The van der Waals surface area contributed by atoms with Crippen LogP contribution in [0.5, 0.6) is 0 Å². The second-order valence-electron chi connectivity index (χ2n) is 7.27. The summed E-state index contributed by atoms with van der Waals surface area (Å²) in [5.41, 5.74) is -0.945. The van der Waals surface area contributed by atoms with Crippen molar-refractivity contribution < 1.29 is 9.59 Å². The fourth-order valence-electron chi connectivity index (χ4n) is 3.89. The van der Waals surface area contributed by atoms with Crippen molar-refractivity contribution >= 4 is 11.9 Å². The Morgan fingerprint density at radius 2 is 1.32 bits per heavy atom. The minimum atomic E-state index is -0.689. The Morgan fingerprint density at radius 1 is 0.895 bits per heavy atom. The first-order valence-corrected chi connectivity index (χ1v) is 6.76. The summed E-state index contributed by atoms with van der Waals surface area (Å²) in [5, 5.41) is 0. The normalized spacial score (nSPS) is 29.4. The van der Waals surface area contributed by atoms with Crippen molar-refractivity contribution in [2.24, 2.45) is 0 Å². The van der Waals surface area contributed by atoms with Crippen molar-refractivity contribution in [1.82, 2.24) is 14.7 Å². The van der Waals surface area contributed by atoms with E-state index in [1.54, 1.807) is 19.0 Å². The highest BCUT2D eigenvalue weighted by Crippen LogP contribution is 2.47. The van der Waals surface area contributed by atoms with Crippen molar-refractivity contribution in [1.29, 1.82) is 0 Å². The fourth-order valence-corrected chi connectivity index (χ4v) is 3.89. The molecule has 2 aliphatic rings. The van der Waals surface area contributed by atoms with Gasteiger partial charge in [-0.1, -0.05) is 0 Å². The van der Waals surface area contributed by atoms with Crippen LogP contribution >= 0.6 is 0 Å². The molecule has 0 aromatic carbocycles. The second-order valence-corrected chi connectivity index (χ2v) is 7.27. The summed E-state index contributed by atoms with van der Waals surface area (Å²) in [6.07, 6.45) is 1.34. The van der Waals surface area contributed by atoms with Crippen molar-refractivity contribution in [2.45, 2.75) is 57.2 Å². The van der Waals surface area contributed by atoms with Gasteiger partial charge in [-0.25, -0.2) is 4.79 Å². The van der Waals surface area contributed by atoms with Gasteiger partial charge < -0.3 is 4.90 Å². The molecule has 1 spiro atoms. The molecule has 0 radical (unpaired) electrons. The Labute approximate surface area is 115 Å². The monoisotopic (exact) mass is 267 g/mol. The SMILES string of the molecule is CN1C(=O)N(C)C2(CC(C)(C)N(C)C(C)(C)C2)C1=O. The van der Waals surface area contributed by atoms with Gasteiger partial charge in [-0.05, 0) is 47.6 Å². The van der Waals surface area contributed by atoms with E-state index < -0.39 is 5.54 Å². The lowest BCUT2D eigenvalue weighted by Crippen LogP contribution is -2.68. The van der Waals surface area contributed by atoms with Crippen molar-refractivity contribution in [3.63, 3.8) is 0 Å². The summed E-state index contributed by atoms with van der Waals surface area (Å²) in [7, 11) is 5.42. The molecule has 0 atom stereocenters. The molecule has 2 heterocycles. The molecule has 2 fully saturated rings. The number of rotatable bonds is 0. The topological polar surface area (TPSA) is 43.9 Å². The van der Waals surface area contributed by atoms with Crippen molar-refractivity contribution in [3.05, 3.63) is 0 Å². The maximum atomic E-state index is 12.6. The number of hydrogen-bond donors (Lipinski definition) is 0. The van der Waals surface area contributed by atoms with Gasteiger partial charge in [-0.2, -0.15) is 0 Å². The highest BCUT2D eigenvalue weighted by molar-refractivity contribution is 6.06. The first kappa shape index (κ1) is 14.3. The lowest BCUT2D eigenvalue weighted by Gasteiger charge is -2.57. The lowest BCUT2D eigenvalue weighted by molar-refractivity contribution is -0.143. The van der Waals surface area contributed by atoms with Crippen molar-refractivity contribution in [2.75, 3.05) is 21.1 Å². The Kier molecular flexibility index (Phi) is 2.80. The first-order valence-electron chi connectivity index (χ1n) is 6.76. The van der Waals surface area contributed by atoms with Crippen LogP contribution in [0.15, 0.2) is 0 Å². The van der Waals surface area contributed by atoms with Gasteiger partial charge in [0.1, 0.15) is 5.54 Å². The molecule has 2 rings (SSSR count). The summed E-state index contributed by atoms with van der Waals surface area (Å²) >= 11 is 0. The molecule has 0 aliphatic carbocycles. The van der Waals surface area contributed by atoms with Gasteiger partial charge in [0.2, 0.25) is 0 Å². The molecule has 108 valence electrons. The van der Waals surface area contributed by atoms with E-state index >= 15 is 0 Å². The van der Waals surface area contributed by atoms with Crippen LogP contribution in [0, 0.1) is 0 Å². The zero-order chi connectivity index (χ0) is 14.8.